The van der Waals surface area contributed by atoms with Gasteiger partial charge in [0.25, 0.3) is 5.91 Å². The molecule has 2 aromatic carbocycles. The Morgan fingerprint density at radius 2 is 1.80 bits per heavy atom. The molecule has 1 amide bonds. The van der Waals surface area contributed by atoms with Crippen LogP contribution in [0.5, 0.6) is 0 Å². The van der Waals surface area contributed by atoms with E-state index < -0.39 is 0 Å². The first-order chi connectivity index (χ1) is 12.1. The molecule has 0 atom stereocenters. The Hall–Kier alpha value is -3.08. The van der Waals surface area contributed by atoms with E-state index >= 15 is 0 Å². The van der Waals surface area contributed by atoms with Crippen LogP contribution in [-0.4, -0.2) is 24.0 Å². The number of H-pyrrole nitrogens is 1. The number of anilines is 1. The first-order valence-corrected chi connectivity index (χ1v) is 8.13. The van der Waals surface area contributed by atoms with Gasteiger partial charge < -0.3 is 15.0 Å². The number of aromatic amines is 1. The summed E-state index contributed by atoms with van der Waals surface area (Å²) in [7, 11) is 1.37. The summed E-state index contributed by atoms with van der Waals surface area (Å²) in [5, 5.41) is 3.92. The number of aromatic nitrogens is 1. The number of esters is 1. The molecule has 0 aliphatic carbocycles. The maximum atomic E-state index is 12.5. The number of ether oxygens (including phenoxy) is 1. The molecule has 0 aliphatic heterocycles. The Bertz CT molecular complexity index is 910. The second-order valence-electron chi connectivity index (χ2n) is 5.92. The van der Waals surface area contributed by atoms with E-state index in [2.05, 4.69) is 10.3 Å². The van der Waals surface area contributed by atoms with E-state index in [1.807, 2.05) is 43.3 Å². The van der Waals surface area contributed by atoms with Crippen molar-refractivity contribution in [1.82, 2.24) is 4.98 Å². The van der Waals surface area contributed by atoms with Gasteiger partial charge in [-0.3, -0.25) is 9.59 Å². The number of methoxy groups -OCH3 is 1. The second kappa shape index (κ2) is 7.21. The number of hydrogen-bond acceptors (Lipinski definition) is 3. The van der Waals surface area contributed by atoms with E-state index in [9.17, 15) is 9.59 Å². The maximum absolute atomic E-state index is 12.5. The predicted molar refractivity (Wildman–Crippen MR) is 97.8 cm³/mol. The number of carbonyl (C=O) groups is 2. The molecule has 128 valence electrons. The molecule has 5 nitrogen and oxygen atoms in total. The van der Waals surface area contributed by atoms with Gasteiger partial charge in [0.05, 0.1) is 7.11 Å². The molecule has 1 heterocycles. The molecule has 5 heteroatoms. The van der Waals surface area contributed by atoms with Gasteiger partial charge in [-0.2, -0.15) is 0 Å². The van der Waals surface area contributed by atoms with E-state index in [-0.39, 0.29) is 18.3 Å². The molecule has 0 saturated heterocycles. The van der Waals surface area contributed by atoms with Gasteiger partial charge in [0.2, 0.25) is 0 Å². The van der Waals surface area contributed by atoms with Crippen LogP contribution in [0.1, 0.15) is 27.9 Å². The molecule has 0 fully saturated rings. The van der Waals surface area contributed by atoms with Gasteiger partial charge in [-0.05, 0) is 31.5 Å². The average Bonchev–Trinajstić information content (AvgIpc) is 2.97. The van der Waals surface area contributed by atoms with Crippen molar-refractivity contribution >= 4 is 28.6 Å². The highest BCUT2D eigenvalue weighted by molar-refractivity contribution is 6.06. The third-order valence-corrected chi connectivity index (χ3v) is 4.17. The van der Waals surface area contributed by atoms with Gasteiger partial charge in [0.1, 0.15) is 5.82 Å². The summed E-state index contributed by atoms with van der Waals surface area (Å²) in [6.07, 6.45) is 0.742. The van der Waals surface area contributed by atoms with Crippen molar-refractivity contribution < 1.29 is 14.3 Å². The van der Waals surface area contributed by atoms with Gasteiger partial charge in [0, 0.05) is 28.5 Å². The lowest BCUT2D eigenvalue weighted by Crippen LogP contribution is -2.13. The van der Waals surface area contributed by atoms with Crippen LogP contribution in [0.3, 0.4) is 0 Å². The Balaban J connectivity index is 1.90. The molecule has 3 aromatic rings. The summed E-state index contributed by atoms with van der Waals surface area (Å²) in [5.41, 5.74) is 3.51. The van der Waals surface area contributed by atoms with Crippen LogP contribution in [0.2, 0.25) is 0 Å². The fourth-order valence-electron chi connectivity index (χ4n) is 2.79. The van der Waals surface area contributed by atoms with Gasteiger partial charge >= 0.3 is 5.97 Å². The standard InChI is InChI=1S/C20H20N2O3/c1-13-7-9-14(10-8-13)20(24)22-19-16(11-12-18(23)25-2)15-5-3-4-6-17(15)21-19/h3-10,21H,11-12H2,1-2H3,(H,22,24). The molecule has 0 unspecified atom stereocenters. The van der Waals surface area contributed by atoms with Crippen molar-refractivity contribution in [3.8, 4) is 0 Å². The van der Waals surface area contributed by atoms with Crippen molar-refractivity contribution in [2.24, 2.45) is 0 Å². The third kappa shape index (κ3) is 3.71. The monoisotopic (exact) mass is 336 g/mol. The lowest BCUT2D eigenvalue weighted by molar-refractivity contribution is -0.140. The van der Waals surface area contributed by atoms with Crippen LogP contribution in [0.25, 0.3) is 10.9 Å². The van der Waals surface area contributed by atoms with Crippen molar-refractivity contribution in [2.75, 3.05) is 12.4 Å². The van der Waals surface area contributed by atoms with E-state index in [0.29, 0.717) is 17.8 Å². The first kappa shape index (κ1) is 16.8. The molecule has 0 aliphatic rings. The number of nitrogens with one attached hydrogen (secondary N) is 2. The van der Waals surface area contributed by atoms with Crippen LogP contribution in [0.15, 0.2) is 48.5 Å². The highest BCUT2D eigenvalue weighted by atomic mass is 16.5. The molecular formula is C20H20N2O3. The average molecular weight is 336 g/mol. The quantitative estimate of drug-likeness (QED) is 0.696. The van der Waals surface area contributed by atoms with Gasteiger partial charge in [0.15, 0.2) is 0 Å². The first-order valence-electron chi connectivity index (χ1n) is 8.13. The molecule has 0 spiro atoms. The molecular weight excluding hydrogens is 316 g/mol. The minimum Gasteiger partial charge on any atom is -0.469 e. The summed E-state index contributed by atoms with van der Waals surface area (Å²) in [6.45, 7) is 1.98. The zero-order chi connectivity index (χ0) is 17.8. The van der Waals surface area contributed by atoms with Crippen LogP contribution in [-0.2, 0) is 16.0 Å². The Morgan fingerprint density at radius 1 is 1.08 bits per heavy atom. The number of amides is 1. The van der Waals surface area contributed by atoms with E-state index in [1.54, 1.807) is 12.1 Å². The number of rotatable bonds is 5. The van der Waals surface area contributed by atoms with Crippen LogP contribution >= 0.6 is 0 Å². The number of fused-ring (bicyclic) bond motifs is 1. The molecule has 3 rings (SSSR count). The predicted octanol–water partition coefficient (Wildman–Crippen LogP) is 3.83. The van der Waals surface area contributed by atoms with Crippen molar-refractivity contribution in [3.05, 3.63) is 65.2 Å². The zero-order valence-corrected chi connectivity index (χ0v) is 14.3. The molecule has 2 N–H and O–H groups in total. The molecule has 1 aromatic heterocycles. The highest BCUT2D eigenvalue weighted by Gasteiger charge is 2.16. The fourth-order valence-corrected chi connectivity index (χ4v) is 2.79. The van der Waals surface area contributed by atoms with Gasteiger partial charge in [-0.1, -0.05) is 35.9 Å². The Morgan fingerprint density at radius 3 is 2.52 bits per heavy atom. The van der Waals surface area contributed by atoms with Crippen LogP contribution < -0.4 is 5.32 Å². The topological polar surface area (TPSA) is 71.2 Å². The summed E-state index contributed by atoms with van der Waals surface area (Å²) >= 11 is 0. The minimum absolute atomic E-state index is 0.189. The largest absolute Gasteiger partial charge is 0.469 e. The zero-order valence-electron chi connectivity index (χ0n) is 14.3. The highest BCUT2D eigenvalue weighted by Crippen LogP contribution is 2.28. The molecule has 0 saturated carbocycles. The minimum atomic E-state index is -0.277. The van der Waals surface area contributed by atoms with E-state index in [1.165, 1.54) is 7.11 Å². The fraction of sp³-hybridized carbons (Fsp3) is 0.200. The van der Waals surface area contributed by atoms with Gasteiger partial charge in [-0.25, -0.2) is 0 Å². The summed E-state index contributed by atoms with van der Waals surface area (Å²) in [5.74, 6) is 0.155. The van der Waals surface area contributed by atoms with Crippen LogP contribution in [0, 0.1) is 6.92 Å². The number of aryl methyl sites for hydroxylation is 2. The second-order valence-corrected chi connectivity index (χ2v) is 5.92. The van der Waals surface area contributed by atoms with E-state index in [0.717, 1.165) is 22.0 Å². The third-order valence-electron chi connectivity index (χ3n) is 4.17. The molecule has 25 heavy (non-hydrogen) atoms. The maximum Gasteiger partial charge on any atom is 0.305 e. The van der Waals surface area contributed by atoms with Crippen molar-refractivity contribution in [2.45, 2.75) is 19.8 Å². The SMILES string of the molecule is COC(=O)CCc1c(NC(=O)c2ccc(C)cc2)[nH]c2ccccc12. The Kier molecular flexibility index (Phi) is 4.84. The summed E-state index contributed by atoms with van der Waals surface area (Å²) in [6, 6.07) is 15.2. The smallest absolute Gasteiger partial charge is 0.305 e. The summed E-state index contributed by atoms with van der Waals surface area (Å²) in [4.78, 5) is 27.3. The lowest BCUT2D eigenvalue weighted by Gasteiger charge is -2.07. The lowest BCUT2D eigenvalue weighted by atomic mass is 10.1. The van der Waals surface area contributed by atoms with Gasteiger partial charge in [-0.15, -0.1) is 0 Å². The summed E-state index contributed by atoms with van der Waals surface area (Å²) < 4.78 is 4.73. The Labute approximate surface area is 146 Å². The molecule has 0 bridgehead atoms. The normalized spacial score (nSPS) is 10.6. The van der Waals surface area contributed by atoms with Crippen molar-refractivity contribution in [3.63, 3.8) is 0 Å². The van der Waals surface area contributed by atoms with Crippen molar-refractivity contribution in [1.29, 1.82) is 0 Å². The van der Waals surface area contributed by atoms with Crippen LogP contribution in [0.4, 0.5) is 5.82 Å². The number of carbonyl (C=O) groups excluding carboxylic acids is 2. The number of hydrogen-bond donors (Lipinski definition) is 2. The van der Waals surface area contributed by atoms with E-state index in [4.69, 9.17) is 4.74 Å². The number of benzene rings is 2. The molecule has 0 radical (unpaired) electrons. The number of para-hydroxylation sites is 1.